The van der Waals surface area contributed by atoms with E-state index in [0.29, 0.717) is 6.54 Å². The third-order valence-corrected chi connectivity index (χ3v) is 3.28. The number of aryl methyl sites for hydroxylation is 1. The van der Waals surface area contributed by atoms with Crippen LogP contribution in [0.4, 0.5) is 18.9 Å². The zero-order valence-electron chi connectivity index (χ0n) is 10.8. The Balaban J connectivity index is 2.20. The van der Waals surface area contributed by atoms with E-state index in [1.807, 2.05) is 30.0 Å². The first-order chi connectivity index (χ1) is 9.41. The summed E-state index contributed by atoms with van der Waals surface area (Å²) in [6, 6.07) is 5.62. The fraction of sp³-hybridized carbons (Fsp3) is 0.286. The van der Waals surface area contributed by atoms with Gasteiger partial charge in [0.2, 0.25) is 0 Å². The van der Waals surface area contributed by atoms with Crippen LogP contribution in [0.5, 0.6) is 0 Å². The smallest absolute Gasteiger partial charge is 0.379 e. The SMILES string of the molecule is CCn1ccc(CNc2c(Cl)cccc2C(F)(F)F)c1. The highest BCUT2D eigenvalue weighted by Crippen LogP contribution is 2.38. The highest BCUT2D eigenvalue weighted by molar-refractivity contribution is 6.33. The molecule has 6 heteroatoms. The van der Waals surface area contributed by atoms with Gasteiger partial charge in [0.05, 0.1) is 16.3 Å². The summed E-state index contributed by atoms with van der Waals surface area (Å²) in [6.45, 7) is 3.10. The predicted octanol–water partition coefficient (Wildman–Crippen LogP) is 4.79. The minimum Gasteiger partial charge on any atom is -0.379 e. The quantitative estimate of drug-likeness (QED) is 0.859. The summed E-state index contributed by atoms with van der Waals surface area (Å²) in [5, 5.41) is 2.84. The molecule has 0 aliphatic rings. The van der Waals surface area contributed by atoms with E-state index in [1.54, 1.807) is 0 Å². The Labute approximate surface area is 120 Å². The lowest BCUT2D eigenvalue weighted by Gasteiger charge is -2.15. The largest absolute Gasteiger partial charge is 0.418 e. The molecule has 1 aromatic carbocycles. The molecule has 0 saturated heterocycles. The summed E-state index contributed by atoms with van der Waals surface area (Å²) in [7, 11) is 0. The molecule has 108 valence electrons. The van der Waals surface area contributed by atoms with Crippen LogP contribution in [0.25, 0.3) is 0 Å². The fourth-order valence-corrected chi connectivity index (χ4v) is 2.16. The minimum atomic E-state index is -4.43. The van der Waals surface area contributed by atoms with Crippen LogP contribution in [0, 0.1) is 0 Å². The molecule has 20 heavy (non-hydrogen) atoms. The Morgan fingerprint density at radius 3 is 2.60 bits per heavy atom. The molecule has 2 rings (SSSR count). The average Bonchev–Trinajstić information content (AvgIpc) is 2.84. The van der Waals surface area contributed by atoms with E-state index in [2.05, 4.69) is 5.32 Å². The lowest BCUT2D eigenvalue weighted by atomic mass is 10.1. The summed E-state index contributed by atoms with van der Waals surface area (Å²) in [4.78, 5) is 0. The van der Waals surface area contributed by atoms with Crippen molar-refractivity contribution in [3.63, 3.8) is 0 Å². The van der Waals surface area contributed by atoms with Crippen LogP contribution in [0.2, 0.25) is 5.02 Å². The molecule has 0 atom stereocenters. The van der Waals surface area contributed by atoms with Gasteiger partial charge in [0, 0.05) is 25.5 Å². The normalized spacial score (nSPS) is 11.7. The van der Waals surface area contributed by atoms with Crippen molar-refractivity contribution in [2.24, 2.45) is 0 Å². The van der Waals surface area contributed by atoms with Gasteiger partial charge in [-0.25, -0.2) is 0 Å². The van der Waals surface area contributed by atoms with Gasteiger partial charge in [-0.2, -0.15) is 13.2 Å². The molecule has 2 aromatic rings. The zero-order valence-corrected chi connectivity index (χ0v) is 11.6. The third-order valence-electron chi connectivity index (χ3n) is 2.97. The maximum absolute atomic E-state index is 12.9. The maximum Gasteiger partial charge on any atom is 0.418 e. The molecule has 1 heterocycles. The summed E-state index contributed by atoms with van der Waals surface area (Å²) in [5.74, 6) is 0. The van der Waals surface area contributed by atoms with Crippen molar-refractivity contribution >= 4 is 17.3 Å². The lowest BCUT2D eigenvalue weighted by molar-refractivity contribution is -0.136. The number of halogens is 4. The number of rotatable bonds is 4. The van der Waals surface area contributed by atoms with Gasteiger partial charge in [0.15, 0.2) is 0 Å². The van der Waals surface area contributed by atoms with Crippen LogP contribution in [0.15, 0.2) is 36.7 Å². The molecule has 0 aliphatic heterocycles. The van der Waals surface area contributed by atoms with Crippen LogP contribution >= 0.6 is 11.6 Å². The number of aromatic nitrogens is 1. The minimum absolute atomic E-state index is 0.0646. The molecule has 0 aliphatic carbocycles. The number of hydrogen-bond acceptors (Lipinski definition) is 1. The molecule has 0 saturated carbocycles. The van der Waals surface area contributed by atoms with Crippen molar-refractivity contribution in [3.05, 3.63) is 52.8 Å². The van der Waals surface area contributed by atoms with E-state index < -0.39 is 11.7 Å². The summed E-state index contributed by atoms with van der Waals surface area (Å²) in [5.41, 5.74) is 0.0748. The average molecular weight is 303 g/mol. The van der Waals surface area contributed by atoms with Gasteiger partial charge in [-0.05, 0) is 30.7 Å². The molecule has 0 amide bonds. The van der Waals surface area contributed by atoms with E-state index in [0.717, 1.165) is 18.2 Å². The highest BCUT2D eigenvalue weighted by atomic mass is 35.5. The van der Waals surface area contributed by atoms with Crippen molar-refractivity contribution in [1.82, 2.24) is 4.57 Å². The number of anilines is 1. The fourth-order valence-electron chi connectivity index (χ4n) is 1.92. The van der Waals surface area contributed by atoms with E-state index >= 15 is 0 Å². The maximum atomic E-state index is 12.9. The molecular weight excluding hydrogens is 289 g/mol. The van der Waals surface area contributed by atoms with Gasteiger partial charge in [0.1, 0.15) is 0 Å². The molecule has 0 fully saturated rings. The molecule has 0 bridgehead atoms. The number of nitrogens with one attached hydrogen (secondary N) is 1. The predicted molar refractivity (Wildman–Crippen MR) is 73.9 cm³/mol. The number of nitrogens with zero attached hydrogens (tertiary/aromatic N) is 1. The van der Waals surface area contributed by atoms with Gasteiger partial charge in [-0.1, -0.05) is 17.7 Å². The second kappa shape index (κ2) is 5.79. The third kappa shape index (κ3) is 3.28. The molecule has 0 unspecified atom stereocenters. The monoisotopic (exact) mass is 302 g/mol. The Kier molecular flexibility index (Phi) is 4.28. The van der Waals surface area contributed by atoms with Gasteiger partial charge < -0.3 is 9.88 Å². The number of benzene rings is 1. The topological polar surface area (TPSA) is 17.0 Å². The first-order valence-electron chi connectivity index (χ1n) is 6.16. The molecule has 0 spiro atoms. The molecular formula is C14H14ClF3N2. The first-order valence-corrected chi connectivity index (χ1v) is 6.54. The molecule has 2 nitrogen and oxygen atoms in total. The van der Waals surface area contributed by atoms with Crippen molar-refractivity contribution in [2.75, 3.05) is 5.32 Å². The van der Waals surface area contributed by atoms with Crippen molar-refractivity contribution in [1.29, 1.82) is 0 Å². The Morgan fingerprint density at radius 2 is 2.00 bits per heavy atom. The zero-order chi connectivity index (χ0) is 14.8. The van der Waals surface area contributed by atoms with Crippen LogP contribution in [0.3, 0.4) is 0 Å². The lowest BCUT2D eigenvalue weighted by Crippen LogP contribution is -2.11. The molecule has 1 aromatic heterocycles. The number of alkyl halides is 3. The number of para-hydroxylation sites is 1. The van der Waals surface area contributed by atoms with Crippen LogP contribution < -0.4 is 5.32 Å². The highest BCUT2D eigenvalue weighted by Gasteiger charge is 2.34. The van der Waals surface area contributed by atoms with E-state index in [9.17, 15) is 13.2 Å². The van der Waals surface area contributed by atoms with Gasteiger partial charge in [0.25, 0.3) is 0 Å². The van der Waals surface area contributed by atoms with E-state index in [4.69, 9.17) is 11.6 Å². The van der Waals surface area contributed by atoms with Gasteiger partial charge >= 0.3 is 6.18 Å². The van der Waals surface area contributed by atoms with E-state index in [-0.39, 0.29) is 10.7 Å². The van der Waals surface area contributed by atoms with Crippen LogP contribution in [-0.2, 0) is 19.3 Å². The second-order valence-electron chi connectivity index (χ2n) is 4.36. The molecule has 1 N–H and O–H groups in total. The van der Waals surface area contributed by atoms with Crippen molar-refractivity contribution < 1.29 is 13.2 Å². The van der Waals surface area contributed by atoms with E-state index in [1.165, 1.54) is 12.1 Å². The van der Waals surface area contributed by atoms with Crippen LogP contribution in [-0.4, -0.2) is 4.57 Å². The molecule has 0 radical (unpaired) electrons. The summed E-state index contributed by atoms with van der Waals surface area (Å²) >= 11 is 5.87. The summed E-state index contributed by atoms with van der Waals surface area (Å²) < 4.78 is 40.7. The Hall–Kier alpha value is -1.62. The van der Waals surface area contributed by atoms with Gasteiger partial charge in [-0.3, -0.25) is 0 Å². The standard InChI is InChI=1S/C14H14ClF3N2/c1-2-20-7-6-10(9-20)8-19-13-11(14(16,17)18)4-3-5-12(13)15/h3-7,9,19H,2,8H2,1H3. The first kappa shape index (κ1) is 14.8. The van der Waals surface area contributed by atoms with Gasteiger partial charge in [-0.15, -0.1) is 0 Å². The van der Waals surface area contributed by atoms with Crippen LogP contribution in [0.1, 0.15) is 18.1 Å². The van der Waals surface area contributed by atoms with Crippen molar-refractivity contribution in [3.8, 4) is 0 Å². The van der Waals surface area contributed by atoms with Crippen molar-refractivity contribution in [2.45, 2.75) is 26.2 Å². The summed E-state index contributed by atoms with van der Waals surface area (Å²) in [6.07, 6.45) is -0.659. The number of hydrogen-bond donors (Lipinski definition) is 1. The Morgan fingerprint density at radius 1 is 1.25 bits per heavy atom. The Bertz CT molecular complexity index is 590. The second-order valence-corrected chi connectivity index (χ2v) is 4.77.